The molecule has 0 aromatic heterocycles. The van der Waals surface area contributed by atoms with Gasteiger partial charge in [-0.15, -0.1) is 0 Å². The molecule has 0 saturated carbocycles. The number of carboxylic acids is 1. The second-order valence-electron chi connectivity index (χ2n) is 6.67. The lowest BCUT2D eigenvalue weighted by atomic mass is 9.83. The first-order valence-corrected chi connectivity index (χ1v) is 6.67. The summed E-state index contributed by atoms with van der Waals surface area (Å²) in [6, 6.07) is 5.34. The van der Waals surface area contributed by atoms with Crippen LogP contribution in [0.3, 0.4) is 0 Å². The summed E-state index contributed by atoms with van der Waals surface area (Å²) >= 11 is 0. The fourth-order valence-corrected chi connectivity index (χ4v) is 2.27. The van der Waals surface area contributed by atoms with Crippen LogP contribution in [-0.4, -0.2) is 23.5 Å². The van der Waals surface area contributed by atoms with Gasteiger partial charge in [0.25, 0.3) is 0 Å². The van der Waals surface area contributed by atoms with Crippen LogP contribution in [0.15, 0.2) is 18.2 Å². The molecule has 0 aliphatic carbocycles. The number of aliphatic carboxylic acids is 1. The average molecular weight is 276 g/mol. The molecular formula is C16H20O4. The highest BCUT2D eigenvalue weighted by Crippen LogP contribution is 2.39. The standard InChI is InChI=1S/C16H20O4/c1-15(2,14(18)19)8-12(17)10-5-6-13-11(7-10)16(3,4)9-20-13/h5-7H,8-9H2,1-4H3,(H,18,19). The van der Waals surface area contributed by atoms with Gasteiger partial charge in [-0.3, -0.25) is 9.59 Å². The van der Waals surface area contributed by atoms with E-state index in [1.807, 2.05) is 6.07 Å². The fraction of sp³-hybridized carbons (Fsp3) is 0.500. The summed E-state index contributed by atoms with van der Waals surface area (Å²) in [5.74, 6) is -0.303. The van der Waals surface area contributed by atoms with Gasteiger partial charge in [0.1, 0.15) is 5.75 Å². The number of benzene rings is 1. The quantitative estimate of drug-likeness (QED) is 0.858. The summed E-state index contributed by atoms with van der Waals surface area (Å²) in [5.41, 5.74) is 0.393. The lowest BCUT2D eigenvalue weighted by Gasteiger charge is -2.19. The first kappa shape index (κ1) is 14.6. The van der Waals surface area contributed by atoms with Gasteiger partial charge < -0.3 is 9.84 Å². The van der Waals surface area contributed by atoms with E-state index in [0.717, 1.165) is 11.3 Å². The van der Waals surface area contributed by atoms with Crippen LogP contribution < -0.4 is 4.74 Å². The third-order valence-corrected chi connectivity index (χ3v) is 3.80. The van der Waals surface area contributed by atoms with Crippen molar-refractivity contribution in [2.75, 3.05) is 6.61 Å². The maximum absolute atomic E-state index is 12.3. The van der Waals surface area contributed by atoms with Crippen molar-refractivity contribution in [1.29, 1.82) is 0 Å². The lowest BCUT2D eigenvalue weighted by molar-refractivity contribution is -0.146. The number of carboxylic acid groups (broad SMARTS) is 1. The van der Waals surface area contributed by atoms with Gasteiger partial charge in [0.15, 0.2) is 5.78 Å². The topological polar surface area (TPSA) is 63.6 Å². The van der Waals surface area contributed by atoms with Gasteiger partial charge in [0.2, 0.25) is 0 Å². The number of carbonyl (C=O) groups is 2. The molecule has 4 nitrogen and oxygen atoms in total. The number of fused-ring (bicyclic) bond motifs is 1. The summed E-state index contributed by atoms with van der Waals surface area (Å²) in [6.45, 7) is 7.85. The molecule has 4 heteroatoms. The monoisotopic (exact) mass is 276 g/mol. The highest BCUT2D eigenvalue weighted by molar-refractivity contribution is 5.99. The minimum atomic E-state index is -1.05. The van der Waals surface area contributed by atoms with E-state index in [2.05, 4.69) is 13.8 Å². The van der Waals surface area contributed by atoms with Crippen LogP contribution in [0.1, 0.15) is 50.0 Å². The van der Waals surface area contributed by atoms with Gasteiger partial charge in [0, 0.05) is 23.0 Å². The number of hydrogen-bond acceptors (Lipinski definition) is 3. The van der Waals surface area contributed by atoms with E-state index in [9.17, 15) is 9.59 Å². The van der Waals surface area contributed by atoms with Crippen LogP contribution in [-0.2, 0) is 10.2 Å². The van der Waals surface area contributed by atoms with E-state index in [0.29, 0.717) is 12.2 Å². The molecule has 108 valence electrons. The number of rotatable bonds is 4. The number of ketones is 1. The van der Waals surface area contributed by atoms with E-state index < -0.39 is 11.4 Å². The van der Waals surface area contributed by atoms with Crippen LogP contribution in [0.2, 0.25) is 0 Å². The lowest BCUT2D eigenvalue weighted by Crippen LogP contribution is -2.27. The Morgan fingerprint density at radius 3 is 2.60 bits per heavy atom. The van der Waals surface area contributed by atoms with E-state index in [4.69, 9.17) is 9.84 Å². The second-order valence-corrected chi connectivity index (χ2v) is 6.67. The van der Waals surface area contributed by atoms with Gasteiger partial charge in [-0.05, 0) is 32.0 Å². The summed E-state index contributed by atoms with van der Waals surface area (Å²) in [4.78, 5) is 23.4. The van der Waals surface area contributed by atoms with E-state index in [-0.39, 0.29) is 17.6 Å². The minimum absolute atomic E-state index is 0.0115. The number of Topliss-reactive ketones (excluding diaryl/α,β-unsaturated/α-hetero) is 1. The Hall–Kier alpha value is -1.84. The number of carbonyl (C=O) groups excluding carboxylic acids is 1. The normalized spacial score (nSPS) is 16.4. The Labute approximate surface area is 118 Å². The van der Waals surface area contributed by atoms with Crippen molar-refractivity contribution in [3.8, 4) is 5.75 Å². The predicted molar refractivity (Wildman–Crippen MR) is 75.3 cm³/mol. The highest BCUT2D eigenvalue weighted by Gasteiger charge is 2.34. The molecule has 0 unspecified atom stereocenters. The fourth-order valence-electron chi connectivity index (χ4n) is 2.27. The van der Waals surface area contributed by atoms with Crippen LogP contribution >= 0.6 is 0 Å². The molecule has 1 aromatic rings. The summed E-state index contributed by atoms with van der Waals surface area (Å²) in [6.07, 6.45) is -0.0115. The van der Waals surface area contributed by atoms with E-state index in [1.165, 1.54) is 0 Å². The van der Waals surface area contributed by atoms with Crippen molar-refractivity contribution in [3.63, 3.8) is 0 Å². The molecule has 1 heterocycles. The zero-order valence-corrected chi connectivity index (χ0v) is 12.3. The van der Waals surface area contributed by atoms with Crippen LogP contribution in [0, 0.1) is 5.41 Å². The molecule has 0 saturated heterocycles. The third-order valence-electron chi connectivity index (χ3n) is 3.80. The maximum atomic E-state index is 12.3. The molecule has 0 spiro atoms. The van der Waals surface area contributed by atoms with Gasteiger partial charge in [-0.1, -0.05) is 13.8 Å². The third kappa shape index (κ3) is 2.55. The molecule has 2 rings (SSSR count). The van der Waals surface area contributed by atoms with E-state index in [1.54, 1.807) is 26.0 Å². The highest BCUT2D eigenvalue weighted by atomic mass is 16.5. The van der Waals surface area contributed by atoms with Crippen LogP contribution in [0.25, 0.3) is 0 Å². The Kier molecular flexibility index (Phi) is 3.36. The van der Waals surface area contributed by atoms with Crippen molar-refractivity contribution in [3.05, 3.63) is 29.3 Å². The average Bonchev–Trinajstić information content (AvgIpc) is 2.64. The molecule has 1 aliphatic rings. The molecule has 0 atom stereocenters. The van der Waals surface area contributed by atoms with Gasteiger partial charge in [0.05, 0.1) is 12.0 Å². The van der Waals surface area contributed by atoms with Crippen molar-refractivity contribution in [2.45, 2.75) is 39.5 Å². The van der Waals surface area contributed by atoms with Crippen molar-refractivity contribution in [2.24, 2.45) is 5.41 Å². The van der Waals surface area contributed by atoms with Crippen molar-refractivity contribution in [1.82, 2.24) is 0 Å². The molecule has 0 radical (unpaired) electrons. The van der Waals surface area contributed by atoms with E-state index >= 15 is 0 Å². The first-order valence-electron chi connectivity index (χ1n) is 6.67. The Bertz CT molecular complexity index is 570. The molecule has 0 amide bonds. The maximum Gasteiger partial charge on any atom is 0.309 e. The molecule has 0 bridgehead atoms. The number of ether oxygens (including phenoxy) is 1. The zero-order valence-electron chi connectivity index (χ0n) is 12.3. The van der Waals surface area contributed by atoms with Gasteiger partial charge in [-0.25, -0.2) is 0 Å². The Balaban J connectivity index is 2.27. The first-order chi connectivity index (χ1) is 9.13. The molecule has 0 fully saturated rings. The summed E-state index contributed by atoms with van der Waals surface area (Å²) in [5, 5.41) is 9.10. The molecule has 1 aliphatic heterocycles. The minimum Gasteiger partial charge on any atom is -0.492 e. The molecule has 1 N–H and O–H groups in total. The zero-order chi connectivity index (χ0) is 15.1. The van der Waals surface area contributed by atoms with Gasteiger partial charge in [-0.2, -0.15) is 0 Å². The van der Waals surface area contributed by atoms with Crippen molar-refractivity contribution < 1.29 is 19.4 Å². The van der Waals surface area contributed by atoms with Gasteiger partial charge >= 0.3 is 5.97 Å². The largest absolute Gasteiger partial charge is 0.492 e. The number of hydrogen-bond donors (Lipinski definition) is 1. The van der Waals surface area contributed by atoms with Crippen molar-refractivity contribution >= 4 is 11.8 Å². The molecule has 20 heavy (non-hydrogen) atoms. The second kappa shape index (κ2) is 4.62. The predicted octanol–water partition coefficient (Wildman–Crippen LogP) is 3.04. The Morgan fingerprint density at radius 1 is 1.35 bits per heavy atom. The summed E-state index contributed by atoms with van der Waals surface area (Å²) < 4.78 is 5.58. The Morgan fingerprint density at radius 2 is 2.00 bits per heavy atom. The molecular weight excluding hydrogens is 256 g/mol. The smallest absolute Gasteiger partial charge is 0.309 e. The summed E-state index contributed by atoms with van der Waals surface area (Å²) in [7, 11) is 0. The SMILES string of the molecule is CC(C)(CC(=O)c1ccc2c(c1)C(C)(C)CO2)C(=O)O. The van der Waals surface area contributed by atoms with Crippen LogP contribution in [0.4, 0.5) is 0 Å². The molecule has 1 aromatic carbocycles. The van der Waals surface area contributed by atoms with Crippen LogP contribution in [0.5, 0.6) is 5.75 Å².